The van der Waals surface area contributed by atoms with E-state index in [1.54, 1.807) is 48.2 Å². The molecular formula is C21H19FN2O4S. The number of esters is 2. The molecule has 0 saturated carbocycles. The first-order valence-corrected chi connectivity index (χ1v) is 9.11. The smallest absolute Gasteiger partial charge is 0.337 e. The van der Waals surface area contributed by atoms with Gasteiger partial charge in [0.1, 0.15) is 5.82 Å². The lowest BCUT2D eigenvalue weighted by Gasteiger charge is -2.37. The fraction of sp³-hybridized carbons (Fsp3) is 0.190. The standard InChI is InChI=1S/C21H19FN2O4S/c1-12-17(20(26)28-3)18(13-4-6-14(7-5-13)19(25)27-2)23-21(29)24(12)16-10-8-15(22)9-11-16/h4-11,18H,1-3H3,(H,23,29)/t18-/m1/s1. The summed E-state index contributed by atoms with van der Waals surface area (Å²) in [4.78, 5) is 25.9. The maximum absolute atomic E-state index is 13.3. The molecule has 6 nitrogen and oxygen atoms in total. The number of ether oxygens (including phenoxy) is 2. The molecule has 1 aliphatic heterocycles. The summed E-state index contributed by atoms with van der Waals surface area (Å²) < 4.78 is 23.0. The highest BCUT2D eigenvalue weighted by Crippen LogP contribution is 2.34. The van der Waals surface area contributed by atoms with Gasteiger partial charge in [0, 0.05) is 11.4 Å². The predicted octanol–water partition coefficient (Wildman–Crippen LogP) is 3.50. The molecule has 0 spiro atoms. The average Bonchev–Trinajstić information content (AvgIpc) is 2.73. The molecule has 0 fully saturated rings. The molecule has 1 N–H and O–H groups in total. The maximum Gasteiger partial charge on any atom is 0.337 e. The van der Waals surface area contributed by atoms with Gasteiger partial charge in [0.2, 0.25) is 0 Å². The van der Waals surface area contributed by atoms with Crippen molar-refractivity contribution in [1.82, 2.24) is 5.32 Å². The van der Waals surface area contributed by atoms with Crippen LogP contribution < -0.4 is 10.2 Å². The van der Waals surface area contributed by atoms with Crippen LogP contribution in [0.1, 0.15) is 28.9 Å². The highest BCUT2D eigenvalue weighted by Gasteiger charge is 2.35. The number of hydrogen-bond donors (Lipinski definition) is 1. The Morgan fingerprint density at radius 1 is 1.00 bits per heavy atom. The van der Waals surface area contributed by atoms with Crippen molar-refractivity contribution in [1.29, 1.82) is 0 Å². The van der Waals surface area contributed by atoms with Crippen molar-refractivity contribution >= 4 is 35.0 Å². The molecule has 1 aliphatic rings. The molecule has 150 valence electrons. The Hall–Kier alpha value is -3.26. The third kappa shape index (κ3) is 3.97. The molecule has 0 unspecified atom stereocenters. The number of thiocarbonyl (C=S) groups is 1. The number of carbonyl (C=O) groups excluding carboxylic acids is 2. The van der Waals surface area contributed by atoms with E-state index in [1.807, 2.05) is 0 Å². The zero-order chi connectivity index (χ0) is 21.1. The molecule has 29 heavy (non-hydrogen) atoms. The SMILES string of the molecule is COC(=O)C1=C(C)N(c2ccc(F)cc2)C(=S)N[C@@H]1c1ccc(C(=O)OC)cc1. The van der Waals surface area contributed by atoms with Crippen molar-refractivity contribution in [2.24, 2.45) is 0 Å². The molecule has 0 radical (unpaired) electrons. The van der Waals surface area contributed by atoms with Crippen molar-refractivity contribution in [2.45, 2.75) is 13.0 Å². The van der Waals surface area contributed by atoms with Crippen LogP contribution in [0.15, 0.2) is 59.8 Å². The van der Waals surface area contributed by atoms with Gasteiger partial charge in [-0.3, -0.25) is 4.90 Å². The minimum atomic E-state index is -0.571. The number of methoxy groups -OCH3 is 2. The molecule has 0 aliphatic carbocycles. The monoisotopic (exact) mass is 414 g/mol. The van der Waals surface area contributed by atoms with Crippen LogP contribution in [0.2, 0.25) is 0 Å². The van der Waals surface area contributed by atoms with E-state index in [0.29, 0.717) is 27.6 Å². The average molecular weight is 414 g/mol. The quantitative estimate of drug-likeness (QED) is 0.607. The third-order valence-electron chi connectivity index (χ3n) is 4.64. The van der Waals surface area contributed by atoms with E-state index in [-0.39, 0.29) is 5.82 Å². The first kappa shape index (κ1) is 20.5. The lowest BCUT2D eigenvalue weighted by Crippen LogP contribution is -2.48. The summed E-state index contributed by atoms with van der Waals surface area (Å²) in [5.41, 5.74) is 2.65. The number of rotatable bonds is 4. The summed E-state index contributed by atoms with van der Waals surface area (Å²) >= 11 is 5.52. The zero-order valence-electron chi connectivity index (χ0n) is 16.1. The molecule has 1 heterocycles. The Labute approximate surface area is 172 Å². The lowest BCUT2D eigenvalue weighted by molar-refractivity contribution is -0.136. The van der Waals surface area contributed by atoms with Crippen molar-refractivity contribution in [3.8, 4) is 0 Å². The van der Waals surface area contributed by atoms with Crippen LogP contribution in [0.4, 0.5) is 10.1 Å². The Morgan fingerprint density at radius 3 is 2.14 bits per heavy atom. The normalized spacial score (nSPS) is 16.3. The molecule has 1 atom stereocenters. The molecule has 2 aromatic rings. The van der Waals surface area contributed by atoms with E-state index < -0.39 is 18.0 Å². The summed E-state index contributed by atoms with van der Waals surface area (Å²) in [6, 6.07) is 11.9. The van der Waals surface area contributed by atoms with Gasteiger partial charge in [0.05, 0.1) is 31.4 Å². The summed E-state index contributed by atoms with van der Waals surface area (Å²) in [5, 5.41) is 3.49. The van der Waals surface area contributed by atoms with Gasteiger partial charge in [-0.05, 0) is 61.1 Å². The van der Waals surface area contributed by atoms with Crippen LogP contribution in [-0.2, 0) is 14.3 Å². The second-order valence-corrected chi connectivity index (χ2v) is 6.69. The van der Waals surface area contributed by atoms with Crippen LogP contribution in [0.5, 0.6) is 0 Å². The Kier molecular flexibility index (Phi) is 5.93. The van der Waals surface area contributed by atoms with E-state index in [0.717, 1.165) is 5.56 Å². The van der Waals surface area contributed by atoms with Crippen molar-refractivity contribution in [2.75, 3.05) is 19.1 Å². The highest BCUT2D eigenvalue weighted by molar-refractivity contribution is 7.80. The number of hydrogen-bond acceptors (Lipinski definition) is 5. The fourth-order valence-corrected chi connectivity index (χ4v) is 3.56. The van der Waals surface area contributed by atoms with Crippen molar-refractivity contribution < 1.29 is 23.5 Å². The van der Waals surface area contributed by atoms with Gasteiger partial charge in [-0.1, -0.05) is 12.1 Å². The summed E-state index contributed by atoms with van der Waals surface area (Å²) in [6.07, 6.45) is 0. The molecule has 0 aromatic heterocycles. The summed E-state index contributed by atoms with van der Waals surface area (Å²) in [7, 11) is 2.61. The van der Waals surface area contributed by atoms with Crippen LogP contribution in [0.25, 0.3) is 0 Å². The van der Waals surface area contributed by atoms with Crippen molar-refractivity contribution in [3.63, 3.8) is 0 Å². The fourth-order valence-electron chi connectivity index (χ4n) is 3.20. The third-order valence-corrected chi connectivity index (χ3v) is 4.94. The Morgan fingerprint density at radius 2 is 1.59 bits per heavy atom. The summed E-state index contributed by atoms with van der Waals surface area (Å²) in [6.45, 7) is 1.75. The minimum absolute atomic E-state index is 0.351. The van der Waals surface area contributed by atoms with Crippen LogP contribution in [0, 0.1) is 5.82 Å². The van der Waals surface area contributed by atoms with Gasteiger partial charge in [-0.15, -0.1) is 0 Å². The second-order valence-electron chi connectivity index (χ2n) is 6.30. The first-order valence-electron chi connectivity index (χ1n) is 8.71. The van der Waals surface area contributed by atoms with E-state index in [9.17, 15) is 14.0 Å². The largest absolute Gasteiger partial charge is 0.466 e. The number of carbonyl (C=O) groups is 2. The predicted molar refractivity (Wildman–Crippen MR) is 110 cm³/mol. The number of anilines is 1. The number of benzene rings is 2. The second kappa shape index (κ2) is 8.40. The maximum atomic E-state index is 13.3. The molecule has 0 saturated heterocycles. The number of nitrogens with zero attached hydrogens (tertiary/aromatic N) is 1. The highest BCUT2D eigenvalue weighted by atomic mass is 32.1. The van der Waals surface area contributed by atoms with E-state index in [2.05, 4.69) is 5.32 Å². The van der Waals surface area contributed by atoms with Gasteiger partial charge in [0.25, 0.3) is 0 Å². The van der Waals surface area contributed by atoms with Gasteiger partial charge in [0.15, 0.2) is 5.11 Å². The number of allylic oxidation sites excluding steroid dienone is 1. The molecular weight excluding hydrogens is 395 g/mol. The molecule has 8 heteroatoms. The van der Waals surface area contributed by atoms with Crippen LogP contribution >= 0.6 is 12.2 Å². The molecule has 2 aromatic carbocycles. The summed E-state index contributed by atoms with van der Waals surface area (Å²) in [5.74, 6) is -1.35. The minimum Gasteiger partial charge on any atom is -0.466 e. The van der Waals surface area contributed by atoms with Gasteiger partial charge >= 0.3 is 11.9 Å². The molecule has 3 rings (SSSR count). The van der Waals surface area contributed by atoms with Gasteiger partial charge in [-0.25, -0.2) is 14.0 Å². The molecule has 0 bridgehead atoms. The number of halogens is 1. The Balaban J connectivity index is 2.06. The number of nitrogens with one attached hydrogen (secondary N) is 1. The Bertz CT molecular complexity index is 987. The van der Waals surface area contributed by atoms with E-state index in [4.69, 9.17) is 21.7 Å². The lowest BCUT2D eigenvalue weighted by atomic mass is 9.94. The first-order chi connectivity index (χ1) is 13.9. The topological polar surface area (TPSA) is 67.9 Å². The van der Waals surface area contributed by atoms with Crippen LogP contribution in [0.3, 0.4) is 0 Å². The van der Waals surface area contributed by atoms with E-state index >= 15 is 0 Å². The van der Waals surface area contributed by atoms with Crippen LogP contribution in [-0.4, -0.2) is 31.3 Å². The zero-order valence-corrected chi connectivity index (χ0v) is 16.9. The molecule has 0 amide bonds. The van der Waals surface area contributed by atoms with E-state index in [1.165, 1.54) is 26.4 Å². The van der Waals surface area contributed by atoms with Gasteiger partial charge < -0.3 is 14.8 Å². The van der Waals surface area contributed by atoms with Gasteiger partial charge in [-0.2, -0.15) is 0 Å². The van der Waals surface area contributed by atoms with Crippen molar-refractivity contribution in [3.05, 3.63) is 76.7 Å².